The molecule has 3 aromatic heterocycles. The summed E-state index contributed by atoms with van der Waals surface area (Å²) in [6.07, 6.45) is 1.83. The van der Waals surface area contributed by atoms with Crippen LogP contribution in [0.1, 0.15) is 31.9 Å². The molecular formula is C24H19F2N5O3S. The third-order valence-corrected chi connectivity index (χ3v) is 8.77. The van der Waals surface area contributed by atoms with Gasteiger partial charge < -0.3 is 0 Å². The zero-order valence-corrected chi connectivity index (χ0v) is 19.6. The minimum absolute atomic E-state index is 0.102. The second kappa shape index (κ2) is 7.57. The number of hydrogen-bond acceptors (Lipinski definition) is 5. The average molecular weight is 496 g/mol. The lowest BCUT2D eigenvalue weighted by molar-refractivity contribution is -0.116. The van der Waals surface area contributed by atoms with Crippen LogP contribution in [0.5, 0.6) is 0 Å². The van der Waals surface area contributed by atoms with Crippen LogP contribution in [0.2, 0.25) is 0 Å². The van der Waals surface area contributed by atoms with E-state index in [1.807, 2.05) is 13.8 Å². The molecule has 1 unspecified atom stereocenters. The molecule has 2 aliphatic heterocycles. The fraction of sp³-hybridized carbons (Fsp3) is 0.208. The maximum Gasteiger partial charge on any atom is 0.334 e. The summed E-state index contributed by atoms with van der Waals surface area (Å²) in [5.41, 5.74) is -1.06. The maximum atomic E-state index is 15.4. The van der Waals surface area contributed by atoms with Crippen LogP contribution in [0.3, 0.4) is 0 Å². The second-order valence-corrected chi connectivity index (χ2v) is 10.8. The number of halogens is 2. The molecule has 11 heteroatoms. The molecule has 0 saturated carbocycles. The Balaban J connectivity index is 1.91. The van der Waals surface area contributed by atoms with Crippen molar-refractivity contribution in [2.45, 2.75) is 31.1 Å². The second-order valence-electron chi connectivity index (χ2n) is 8.72. The normalized spacial score (nSPS) is 17.6. The van der Waals surface area contributed by atoms with Crippen molar-refractivity contribution in [1.82, 2.24) is 19.5 Å². The van der Waals surface area contributed by atoms with E-state index in [-0.39, 0.29) is 46.2 Å². The number of aromatic amines is 1. The first-order chi connectivity index (χ1) is 16.8. The van der Waals surface area contributed by atoms with Gasteiger partial charge in [0.05, 0.1) is 28.0 Å². The summed E-state index contributed by atoms with van der Waals surface area (Å²) >= 11 is -1.42. The highest BCUT2D eigenvalue weighted by molar-refractivity contribution is 8.19. The molecule has 1 amide bonds. The SMILES string of the molecule is CC(C)c1nccc2c1-n1c(=O)[nH]c(=O)c3cc(F)c(nc31)-c1c(F)cccc1N1C(=O)CC[SH]21. The van der Waals surface area contributed by atoms with E-state index in [2.05, 4.69) is 15.0 Å². The number of nitrogens with one attached hydrogen (secondary N) is 1. The number of pyridine rings is 2. The number of nitrogens with zero attached hydrogens (tertiary/aromatic N) is 4. The Hall–Kier alpha value is -3.86. The highest BCUT2D eigenvalue weighted by Crippen LogP contribution is 2.54. The molecule has 2 bridgehead atoms. The van der Waals surface area contributed by atoms with Gasteiger partial charge in [0, 0.05) is 23.3 Å². The van der Waals surface area contributed by atoms with Crippen molar-refractivity contribution in [3.63, 3.8) is 0 Å². The van der Waals surface area contributed by atoms with Gasteiger partial charge in [0.1, 0.15) is 11.5 Å². The van der Waals surface area contributed by atoms with Crippen LogP contribution in [0, 0.1) is 11.6 Å². The molecule has 1 atom stereocenters. The first-order valence-electron chi connectivity index (χ1n) is 11.0. The smallest absolute Gasteiger partial charge is 0.274 e. The van der Waals surface area contributed by atoms with Gasteiger partial charge in [0.2, 0.25) is 5.91 Å². The van der Waals surface area contributed by atoms with Gasteiger partial charge in [0.25, 0.3) is 5.56 Å². The Morgan fingerprint density at radius 2 is 1.91 bits per heavy atom. The predicted molar refractivity (Wildman–Crippen MR) is 129 cm³/mol. The molecule has 0 radical (unpaired) electrons. The molecule has 6 rings (SSSR count). The van der Waals surface area contributed by atoms with Crippen LogP contribution >= 0.6 is 11.1 Å². The highest BCUT2D eigenvalue weighted by atomic mass is 32.2. The number of H-pyrrole nitrogens is 1. The fourth-order valence-electron chi connectivity index (χ4n) is 4.79. The Morgan fingerprint density at radius 3 is 2.69 bits per heavy atom. The van der Waals surface area contributed by atoms with Crippen molar-refractivity contribution in [3.8, 4) is 16.9 Å². The van der Waals surface area contributed by atoms with Crippen molar-refractivity contribution < 1.29 is 13.6 Å². The number of rotatable bonds is 1. The van der Waals surface area contributed by atoms with Gasteiger partial charge >= 0.3 is 5.69 Å². The molecule has 1 saturated heterocycles. The Kier molecular flexibility index (Phi) is 4.69. The number of thiol groups is 1. The van der Waals surface area contributed by atoms with Gasteiger partial charge in [-0.15, -0.1) is 11.1 Å². The van der Waals surface area contributed by atoms with Crippen molar-refractivity contribution in [2.75, 3.05) is 10.1 Å². The van der Waals surface area contributed by atoms with Crippen molar-refractivity contribution in [2.24, 2.45) is 0 Å². The Bertz CT molecular complexity index is 1700. The van der Waals surface area contributed by atoms with Crippen LogP contribution in [0.4, 0.5) is 14.5 Å². The monoisotopic (exact) mass is 495 g/mol. The Morgan fingerprint density at radius 1 is 1.11 bits per heavy atom. The van der Waals surface area contributed by atoms with E-state index in [4.69, 9.17) is 0 Å². The molecule has 8 nitrogen and oxygen atoms in total. The molecule has 1 fully saturated rings. The van der Waals surface area contributed by atoms with Crippen molar-refractivity contribution in [3.05, 3.63) is 74.7 Å². The third-order valence-electron chi connectivity index (χ3n) is 6.29. The number of benzene rings is 1. The van der Waals surface area contributed by atoms with Crippen molar-refractivity contribution in [1.29, 1.82) is 0 Å². The molecule has 178 valence electrons. The molecular weight excluding hydrogens is 476 g/mol. The van der Waals surface area contributed by atoms with Crippen LogP contribution < -0.4 is 15.6 Å². The van der Waals surface area contributed by atoms with Crippen LogP contribution in [-0.2, 0) is 4.79 Å². The van der Waals surface area contributed by atoms with E-state index in [0.29, 0.717) is 22.0 Å². The number of amides is 1. The number of carbonyl (C=O) groups excluding carboxylic acids is 1. The molecule has 4 aromatic rings. The number of aromatic nitrogens is 4. The average Bonchev–Trinajstić information content (AvgIpc) is 3.20. The number of hydrogen-bond donors (Lipinski definition) is 2. The summed E-state index contributed by atoms with van der Waals surface area (Å²) in [7, 11) is 0. The molecule has 0 spiro atoms. The molecule has 5 heterocycles. The van der Waals surface area contributed by atoms with Crippen LogP contribution in [-0.4, -0.2) is 31.2 Å². The zero-order chi connectivity index (χ0) is 24.6. The van der Waals surface area contributed by atoms with Gasteiger partial charge in [-0.2, -0.15) is 0 Å². The summed E-state index contributed by atoms with van der Waals surface area (Å²) in [5, 5.41) is -0.152. The quantitative estimate of drug-likeness (QED) is 0.393. The number of carbonyl (C=O) groups is 1. The van der Waals surface area contributed by atoms with E-state index in [0.717, 1.165) is 6.07 Å². The summed E-state index contributed by atoms with van der Waals surface area (Å²) in [6.45, 7) is 3.82. The van der Waals surface area contributed by atoms with E-state index >= 15 is 8.78 Å². The molecule has 1 N–H and O–H groups in total. The largest absolute Gasteiger partial charge is 0.334 e. The van der Waals surface area contributed by atoms with Crippen LogP contribution in [0.15, 0.2) is 51.0 Å². The first kappa shape index (κ1) is 21.7. The van der Waals surface area contributed by atoms with E-state index < -0.39 is 34.0 Å². The van der Waals surface area contributed by atoms with E-state index in [1.54, 1.807) is 18.3 Å². The van der Waals surface area contributed by atoms with E-state index in [9.17, 15) is 14.4 Å². The lowest BCUT2D eigenvalue weighted by Crippen LogP contribution is -2.32. The van der Waals surface area contributed by atoms with Gasteiger partial charge in [-0.3, -0.25) is 23.9 Å². The van der Waals surface area contributed by atoms with Gasteiger partial charge in [0.15, 0.2) is 11.5 Å². The zero-order valence-electron chi connectivity index (χ0n) is 18.7. The highest BCUT2D eigenvalue weighted by Gasteiger charge is 2.37. The molecule has 0 aliphatic carbocycles. The van der Waals surface area contributed by atoms with Crippen molar-refractivity contribution >= 4 is 33.7 Å². The third kappa shape index (κ3) is 3.00. The molecule has 2 aliphatic rings. The van der Waals surface area contributed by atoms with Gasteiger partial charge in [-0.25, -0.2) is 23.1 Å². The van der Waals surface area contributed by atoms with Gasteiger partial charge in [-0.05, 0) is 30.2 Å². The predicted octanol–water partition coefficient (Wildman–Crippen LogP) is 3.56. The molecule has 1 aromatic carbocycles. The summed E-state index contributed by atoms with van der Waals surface area (Å²) in [6, 6.07) is 6.89. The summed E-state index contributed by atoms with van der Waals surface area (Å²) in [5.74, 6) is -1.60. The number of fused-ring (bicyclic) bond motifs is 8. The Labute approximate surface area is 199 Å². The lowest BCUT2D eigenvalue weighted by Gasteiger charge is -2.33. The van der Waals surface area contributed by atoms with Crippen LogP contribution in [0.25, 0.3) is 28.0 Å². The topological polar surface area (TPSA) is 101 Å². The standard InChI is InChI=1S/C24H19F2N5O3S/c1-11(2)19-21-16(6-8-27-19)35-9-7-17(32)31(35)15-5-3-4-13(25)18(15)20-14(26)10-12-22(28-20)30(21)24(34)29-23(12)33/h3-6,8,10-11,35H,7,9H2,1-2H3,(H,29,33,34). The summed E-state index contributed by atoms with van der Waals surface area (Å²) in [4.78, 5) is 50.9. The minimum Gasteiger partial charge on any atom is -0.274 e. The number of anilines is 1. The maximum absolute atomic E-state index is 15.4. The van der Waals surface area contributed by atoms with E-state index in [1.165, 1.54) is 21.0 Å². The molecule has 35 heavy (non-hydrogen) atoms. The minimum atomic E-state index is -1.42. The fourth-order valence-corrected chi connectivity index (χ4v) is 7.35. The van der Waals surface area contributed by atoms with Gasteiger partial charge in [-0.1, -0.05) is 19.9 Å². The first-order valence-corrected chi connectivity index (χ1v) is 12.5. The summed E-state index contributed by atoms with van der Waals surface area (Å²) < 4.78 is 33.4. The lowest BCUT2D eigenvalue weighted by atomic mass is 10.1.